The van der Waals surface area contributed by atoms with Crippen molar-refractivity contribution in [3.63, 3.8) is 0 Å². The van der Waals surface area contributed by atoms with Crippen molar-refractivity contribution in [2.75, 3.05) is 33.3 Å². The third-order valence-corrected chi connectivity index (χ3v) is 3.36. The van der Waals surface area contributed by atoms with Crippen LogP contribution in [-0.2, 0) is 4.74 Å². The lowest BCUT2D eigenvalue weighted by atomic mass is 10.1. The van der Waals surface area contributed by atoms with Crippen molar-refractivity contribution in [2.45, 2.75) is 31.4 Å². The molecule has 3 nitrogen and oxygen atoms in total. The van der Waals surface area contributed by atoms with E-state index < -0.39 is 0 Å². The van der Waals surface area contributed by atoms with Gasteiger partial charge in [-0.2, -0.15) is 0 Å². The van der Waals surface area contributed by atoms with Crippen LogP contribution >= 0.6 is 0 Å². The zero-order valence-corrected chi connectivity index (χ0v) is 8.46. The predicted octanol–water partition coefficient (Wildman–Crippen LogP) is 0.459. The third kappa shape index (κ3) is 2.22. The normalized spacial score (nSPS) is 32.5. The Bertz CT molecular complexity index is 149. The molecule has 1 N–H and O–H groups in total. The average Bonchev–Trinajstić information content (AvgIpc) is 2.71. The van der Waals surface area contributed by atoms with E-state index in [0.717, 1.165) is 6.04 Å². The zero-order chi connectivity index (χ0) is 9.10. The smallest absolute Gasteiger partial charge is 0.0595 e. The summed E-state index contributed by atoms with van der Waals surface area (Å²) in [4.78, 5) is 2.62. The summed E-state index contributed by atoms with van der Waals surface area (Å²) in [5.74, 6) is 0. The van der Waals surface area contributed by atoms with Gasteiger partial charge in [-0.3, -0.25) is 4.90 Å². The molecule has 0 bridgehead atoms. The van der Waals surface area contributed by atoms with Crippen LogP contribution in [0.15, 0.2) is 0 Å². The van der Waals surface area contributed by atoms with Gasteiger partial charge in [0.1, 0.15) is 0 Å². The molecule has 0 amide bonds. The minimum Gasteiger partial charge on any atom is -0.381 e. The number of rotatable bonds is 2. The fourth-order valence-electron chi connectivity index (χ4n) is 2.43. The zero-order valence-electron chi connectivity index (χ0n) is 8.46. The molecule has 0 aromatic rings. The van der Waals surface area contributed by atoms with E-state index in [-0.39, 0.29) is 0 Å². The van der Waals surface area contributed by atoms with Crippen molar-refractivity contribution in [3.05, 3.63) is 0 Å². The Morgan fingerprint density at radius 3 is 2.54 bits per heavy atom. The van der Waals surface area contributed by atoms with Crippen molar-refractivity contribution in [2.24, 2.45) is 0 Å². The van der Waals surface area contributed by atoms with Gasteiger partial charge >= 0.3 is 0 Å². The fraction of sp³-hybridized carbons (Fsp3) is 1.00. The molecular weight excluding hydrogens is 164 g/mol. The predicted molar refractivity (Wildman–Crippen MR) is 52.9 cm³/mol. The first-order chi connectivity index (χ1) is 6.40. The molecule has 1 atom stereocenters. The van der Waals surface area contributed by atoms with Crippen LogP contribution in [0.4, 0.5) is 0 Å². The molecule has 2 saturated heterocycles. The second-order valence-corrected chi connectivity index (χ2v) is 4.12. The van der Waals surface area contributed by atoms with Crippen LogP contribution in [0, 0.1) is 0 Å². The van der Waals surface area contributed by atoms with Gasteiger partial charge in [-0.1, -0.05) is 0 Å². The first kappa shape index (κ1) is 9.44. The van der Waals surface area contributed by atoms with Crippen molar-refractivity contribution >= 4 is 0 Å². The summed E-state index contributed by atoms with van der Waals surface area (Å²) < 4.78 is 5.36. The van der Waals surface area contributed by atoms with E-state index in [2.05, 4.69) is 10.2 Å². The van der Waals surface area contributed by atoms with Crippen molar-refractivity contribution in [3.8, 4) is 0 Å². The molecule has 3 heteroatoms. The second kappa shape index (κ2) is 4.40. The summed E-state index contributed by atoms with van der Waals surface area (Å²) in [7, 11) is 1.83. The lowest BCUT2D eigenvalue weighted by Crippen LogP contribution is -2.44. The highest BCUT2D eigenvalue weighted by atomic mass is 16.5. The summed E-state index contributed by atoms with van der Waals surface area (Å²) in [5.41, 5.74) is 0. The van der Waals surface area contributed by atoms with Crippen LogP contribution in [0.25, 0.3) is 0 Å². The molecule has 0 unspecified atom stereocenters. The van der Waals surface area contributed by atoms with E-state index in [9.17, 15) is 0 Å². The van der Waals surface area contributed by atoms with Gasteiger partial charge in [-0.15, -0.1) is 0 Å². The van der Waals surface area contributed by atoms with Crippen molar-refractivity contribution in [1.29, 1.82) is 0 Å². The fourth-order valence-corrected chi connectivity index (χ4v) is 2.43. The largest absolute Gasteiger partial charge is 0.381 e. The van der Waals surface area contributed by atoms with E-state index in [1.807, 2.05) is 7.11 Å². The lowest BCUT2D eigenvalue weighted by Gasteiger charge is -2.35. The number of piperidine rings is 1. The van der Waals surface area contributed by atoms with E-state index in [1.54, 1.807) is 0 Å². The molecule has 76 valence electrons. The molecule has 0 spiro atoms. The molecule has 0 aromatic carbocycles. The Labute approximate surface area is 80.4 Å². The molecule has 13 heavy (non-hydrogen) atoms. The van der Waals surface area contributed by atoms with Crippen LogP contribution in [-0.4, -0.2) is 50.3 Å². The Balaban J connectivity index is 1.77. The van der Waals surface area contributed by atoms with Gasteiger partial charge < -0.3 is 10.1 Å². The SMILES string of the molecule is COC1CCN([C@H]2CCNC2)CC1. The highest BCUT2D eigenvalue weighted by molar-refractivity contribution is 4.84. The number of hydrogen-bond acceptors (Lipinski definition) is 3. The van der Waals surface area contributed by atoms with Crippen LogP contribution in [0.1, 0.15) is 19.3 Å². The first-order valence-corrected chi connectivity index (χ1v) is 5.37. The molecular formula is C10H20N2O. The first-order valence-electron chi connectivity index (χ1n) is 5.37. The molecule has 0 saturated carbocycles. The molecule has 2 aliphatic heterocycles. The number of methoxy groups -OCH3 is 1. The van der Waals surface area contributed by atoms with Crippen LogP contribution in [0.3, 0.4) is 0 Å². The minimum atomic E-state index is 0.519. The topological polar surface area (TPSA) is 24.5 Å². The Morgan fingerprint density at radius 2 is 2.00 bits per heavy atom. The summed E-state index contributed by atoms with van der Waals surface area (Å²) in [6.45, 7) is 4.85. The van der Waals surface area contributed by atoms with Gasteiger partial charge in [0.15, 0.2) is 0 Å². The Kier molecular flexibility index (Phi) is 3.19. The van der Waals surface area contributed by atoms with Crippen molar-refractivity contribution in [1.82, 2.24) is 10.2 Å². The van der Waals surface area contributed by atoms with Gasteiger partial charge in [0, 0.05) is 32.8 Å². The minimum absolute atomic E-state index is 0.519. The summed E-state index contributed by atoms with van der Waals surface area (Å²) in [5, 5.41) is 3.42. The number of hydrogen-bond donors (Lipinski definition) is 1. The van der Waals surface area contributed by atoms with E-state index in [0.29, 0.717) is 6.10 Å². The highest BCUT2D eigenvalue weighted by Crippen LogP contribution is 2.17. The molecule has 2 fully saturated rings. The lowest BCUT2D eigenvalue weighted by molar-refractivity contribution is 0.0299. The monoisotopic (exact) mass is 184 g/mol. The summed E-state index contributed by atoms with van der Waals surface area (Å²) >= 11 is 0. The maximum absolute atomic E-state index is 5.36. The summed E-state index contributed by atoms with van der Waals surface area (Å²) in [6.07, 6.45) is 4.28. The molecule has 0 aromatic heterocycles. The van der Waals surface area contributed by atoms with E-state index in [1.165, 1.54) is 45.4 Å². The van der Waals surface area contributed by atoms with Crippen LogP contribution < -0.4 is 5.32 Å². The van der Waals surface area contributed by atoms with Gasteiger partial charge in [-0.05, 0) is 25.8 Å². The standard InChI is InChI=1S/C10H20N2O/c1-13-10-3-6-12(7-4-10)9-2-5-11-8-9/h9-11H,2-8H2,1H3/t9-/m0/s1. The van der Waals surface area contributed by atoms with Gasteiger partial charge in [0.25, 0.3) is 0 Å². The second-order valence-electron chi connectivity index (χ2n) is 4.12. The molecule has 2 heterocycles. The Hall–Kier alpha value is -0.120. The molecule has 0 aliphatic carbocycles. The number of likely N-dealkylation sites (tertiary alicyclic amines) is 1. The quantitative estimate of drug-likeness (QED) is 0.675. The summed E-state index contributed by atoms with van der Waals surface area (Å²) in [6, 6.07) is 0.804. The molecule has 0 radical (unpaired) electrons. The van der Waals surface area contributed by atoms with Gasteiger partial charge in [0.2, 0.25) is 0 Å². The number of nitrogens with one attached hydrogen (secondary N) is 1. The molecule has 2 aliphatic rings. The Morgan fingerprint density at radius 1 is 1.23 bits per heavy atom. The van der Waals surface area contributed by atoms with E-state index >= 15 is 0 Å². The maximum atomic E-state index is 5.36. The maximum Gasteiger partial charge on any atom is 0.0595 e. The highest BCUT2D eigenvalue weighted by Gasteiger charge is 2.26. The van der Waals surface area contributed by atoms with E-state index in [4.69, 9.17) is 4.74 Å². The number of nitrogens with zero attached hydrogens (tertiary/aromatic N) is 1. The van der Waals surface area contributed by atoms with Crippen LogP contribution in [0.2, 0.25) is 0 Å². The van der Waals surface area contributed by atoms with Gasteiger partial charge in [0.05, 0.1) is 6.10 Å². The average molecular weight is 184 g/mol. The third-order valence-electron chi connectivity index (χ3n) is 3.36. The molecule has 2 rings (SSSR count). The number of ether oxygens (including phenoxy) is 1. The van der Waals surface area contributed by atoms with Crippen molar-refractivity contribution < 1.29 is 4.74 Å². The van der Waals surface area contributed by atoms with Gasteiger partial charge in [-0.25, -0.2) is 0 Å². The van der Waals surface area contributed by atoms with Crippen LogP contribution in [0.5, 0.6) is 0 Å².